The van der Waals surface area contributed by atoms with Crippen molar-refractivity contribution < 1.29 is 17.6 Å². The van der Waals surface area contributed by atoms with Gasteiger partial charge in [-0.05, 0) is 61.0 Å². The second kappa shape index (κ2) is 9.73. The summed E-state index contributed by atoms with van der Waals surface area (Å²) in [7, 11) is -3.66. The molecule has 1 amide bonds. The number of carbonyl (C=O) groups is 1. The smallest absolute Gasteiger partial charge is 0.251 e. The third-order valence-electron chi connectivity index (χ3n) is 5.25. The van der Waals surface area contributed by atoms with Crippen molar-refractivity contribution in [3.8, 4) is 17.5 Å². The van der Waals surface area contributed by atoms with Crippen LogP contribution in [0.3, 0.4) is 0 Å². The van der Waals surface area contributed by atoms with Gasteiger partial charge in [0.15, 0.2) is 9.84 Å². The Morgan fingerprint density at radius 1 is 1.00 bits per heavy atom. The molecule has 34 heavy (non-hydrogen) atoms. The standard InChI is InChI=1S/C26H21N3O4S/c1-18-24(17-34(31,32)23-13-7-19(15-27)8-14-23)29-26(33-18)22-11-9-21(10-12-22)25(30)28-16-20-5-3-2-4-6-20/h2-14H,16-17H2,1H3,(H,28,30). The first-order valence-corrected chi connectivity index (χ1v) is 12.1. The van der Waals surface area contributed by atoms with Crippen LogP contribution in [0.5, 0.6) is 0 Å². The van der Waals surface area contributed by atoms with Crippen LogP contribution < -0.4 is 5.32 Å². The summed E-state index contributed by atoms with van der Waals surface area (Å²) in [6, 6.07) is 24.1. The van der Waals surface area contributed by atoms with Crippen LogP contribution in [-0.4, -0.2) is 19.3 Å². The molecule has 1 N–H and O–H groups in total. The van der Waals surface area contributed by atoms with Crippen molar-refractivity contribution in [3.63, 3.8) is 0 Å². The van der Waals surface area contributed by atoms with Gasteiger partial charge in [-0.2, -0.15) is 5.26 Å². The number of sulfone groups is 1. The summed E-state index contributed by atoms with van der Waals surface area (Å²) in [4.78, 5) is 16.9. The largest absolute Gasteiger partial charge is 0.441 e. The van der Waals surface area contributed by atoms with E-state index < -0.39 is 9.84 Å². The number of rotatable bonds is 7. The summed E-state index contributed by atoms with van der Waals surface area (Å²) in [5.74, 6) is 0.151. The third-order valence-corrected chi connectivity index (χ3v) is 6.90. The van der Waals surface area contributed by atoms with Crippen LogP contribution >= 0.6 is 0 Å². The Labute approximate surface area is 197 Å². The highest BCUT2D eigenvalue weighted by Gasteiger charge is 2.21. The van der Waals surface area contributed by atoms with E-state index in [1.54, 1.807) is 31.2 Å². The van der Waals surface area contributed by atoms with E-state index >= 15 is 0 Å². The fourth-order valence-electron chi connectivity index (χ4n) is 3.33. The van der Waals surface area contributed by atoms with Crippen LogP contribution in [0.4, 0.5) is 0 Å². The average Bonchev–Trinajstić information content (AvgIpc) is 3.22. The van der Waals surface area contributed by atoms with Crippen molar-refractivity contribution in [1.82, 2.24) is 10.3 Å². The first kappa shape index (κ1) is 23.0. The summed E-state index contributed by atoms with van der Waals surface area (Å²) in [5, 5.41) is 11.8. The highest BCUT2D eigenvalue weighted by molar-refractivity contribution is 7.90. The van der Waals surface area contributed by atoms with Crippen LogP contribution in [0.25, 0.3) is 11.5 Å². The van der Waals surface area contributed by atoms with Crippen molar-refractivity contribution >= 4 is 15.7 Å². The molecule has 3 aromatic carbocycles. The van der Waals surface area contributed by atoms with E-state index in [1.165, 1.54) is 24.3 Å². The number of hydrogen-bond acceptors (Lipinski definition) is 6. The van der Waals surface area contributed by atoms with E-state index in [2.05, 4.69) is 10.3 Å². The SMILES string of the molecule is Cc1oc(-c2ccc(C(=O)NCc3ccccc3)cc2)nc1CS(=O)(=O)c1ccc(C#N)cc1. The molecule has 0 fully saturated rings. The fraction of sp³-hybridized carbons (Fsp3) is 0.115. The Morgan fingerprint density at radius 3 is 2.32 bits per heavy atom. The van der Waals surface area contributed by atoms with Gasteiger partial charge < -0.3 is 9.73 Å². The average molecular weight is 472 g/mol. The molecule has 0 spiro atoms. The molecule has 4 rings (SSSR count). The predicted molar refractivity (Wildman–Crippen MR) is 126 cm³/mol. The Morgan fingerprint density at radius 2 is 1.68 bits per heavy atom. The number of aryl methyl sites for hydroxylation is 1. The number of amides is 1. The second-order valence-corrected chi connectivity index (χ2v) is 9.65. The van der Waals surface area contributed by atoms with Gasteiger partial charge in [0.1, 0.15) is 11.5 Å². The van der Waals surface area contributed by atoms with Gasteiger partial charge in [0.2, 0.25) is 5.89 Å². The lowest BCUT2D eigenvalue weighted by Gasteiger charge is -2.05. The topological polar surface area (TPSA) is 113 Å². The zero-order valence-corrected chi connectivity index (χ0v) is 19.2. The molecular formula is C26H21N3O4S. The summed E-state index contributed by atoms with van der Waals surface area (Å²) in [6.45, 7) is 2.09. The molecule has 170 valence electrons. The maximum atomic E-state index is 12.8. The molecule has 0 saturated heterocycles. The van der Waals surface area contributed by atoms with Crippen molar-refractivity contribution in [3.05, 3.63) is 107 Å². The number of aromatic nitrogens is 1. The molecule has 0 unspecified atom stereocenters. The molecule has 1 heterocycles. The van der Waals surface area contributed by atoms with Crippen LogP contribution in [0, 0.1) is 18.3 Å². The van der Waals surface area contributed by atoms with Gasteiger partial charge in [-0.15, -0.1) is 0 Å². The summed E-state index contributed by atoms with van der Waals surface area (Å²) in [5.41, 5.74) is 2.82. The lowest BCUT2D eigenvalue weighted by atomic mass is 10.1. The van der Waals surface area contributed by atoms with Gasteiger partial charge in [0.05, 0.1) is 22.2 Å². The first-order chi connectivity index (χ1) is 16.4. The van der Waals surface area contributed by atoms with Gasteiger partial charge in [0, 0.05) is 17.7 Å². The van der Waals surface area contributed by atoms with Crippen molar-refractivity contribution in [2.75, 3.05) is 0 Å². The number of carbonyl (C=O) groups excluding carboxylic acids is 1. The highest BCUT2D eigenvalue weighted by Crippen LogP contribution is 2.25. The minimum absolute atomic E-state index is 0.112. The van der Waals surface area contributed by atoms with Crippen molar-refractivity contribution in [1.29, 1.82) is 5.26 Å². The Hall–Kier alpha value is -4.22. The van der Waals surface area contributed by atoms with Gasteiger partial charge in [-0.25, -0.2) is 13.4 Å². The van der Waals surface area contributed by atoms with E-state index in [1.807, 2.05) is 36.4 Å². The minimum Gasteiger partial charge on any atom is -0.441 e. The summed E-state index contributed by atoms with van der Waals surface area (Å²) in [6.07, 6.45) is 0. The maximum Gasteiger partial charge on any atom is 0.251 e. The zero-order chi connectivity index (χ0) is 24.1. The number of oxazole rings is 1. The van der Waals surface area contributed by atoms with Crippen LogP contribution in [-0.2, 0) is 22.1 Å². The van der Waals surface area contributed by atoms with E-state index in [0.717, 1.165) is 5.56 Å². The quantitative estimate of drug-likeness (QED) is 0.427. The molecule has 0 aliphatic heterocycles. The third kappa shape index (κ3) is 5.22. The monoisotopic (exact) mass is 471 g/mol. The van der Waals surface area contributed by atoms with E-state index in [0.29, 0.717) is 34.7 Å². The molecule has 0 aliphatic rings. The van der Waals surface area contributed by atoms with E-state index in [9.17, 15) is 13.2 Å². The molecule has 0 saturated carbocycles. The predicted octanol–water partition coefficient (Wildman–Crippen LogP) is 4.43. The van der Waals surface area contributed by atoms with Crippen molar-refractivity contribution in [2.24, 2.45) is 0 Å². The lowest BCUT2D eigenvalue weighted by Crippen LogP contribution is -2.22. The molecule has 0 aliphatic carbocycles. The fourth-order valence-corrected chi connectivity index (χ4v) is 4.68. The molecule has 0 bridgehead atoms. The number of nitrogens with zero attached hydrogens (tertiary/aromatic N) is 2. The van der Waals surface area contributed by atoms with Crippen LogP contribution in [0.2, 0.25) is 0 Å². The molecular weight excluding hydrogens is 450 g/mol. The normalized spacial score (nSPS) is 11.1. The van der Waals surface area contributed by atoms with Gasteiger partial charge in [0.25, 0.3) is 5.91 Å². The maximum absolute atomic E-state index is 12.8. The van der Waals surface area contributed by atoms with Crippen molar-refractivity contribution in [2.45, 2.75) is 24.1 Å². The number of hydrogen-bond donors (Lipinski definition) is 1. The van der Waals surface area contributed by atoms with E-state index in [-0.39, 0.29) is 22.4 Å². The summed E-state index contributed by atoms with van der Waals surface area (Å²) >= 11 is 0. The van der Waals surface area contributed by atoms with E-state index in [4.69, 9.17) is 9.68 Å². The summed E-state index contributed by atoms with van der Waals surface area (Å²) < 4.78 is 31.3. The molecule has 4 aromatic rings. The number of benzene rings is 3. The van der Waals surface area contributed by atoms with Crippen LogP contribution in [0.15, 0.2) is 88.2 Å². The lowest BCUT2D eigenvalue weighted by molar-refractivity contribution is 0.0951. The molecule has 7 nitrogen and oxygen atoms in total. The first-order valence-electron chi connectivity index (χ1n) is 10.5. The van der Waals surface area contributed by atoms with Gasteiger partial charge in [-0.1, -0.05) is 30.3 Å². The molecule has 0 atom stereocenters. The van der Waals surface area contributed by atoms with Gasteiger partial charge >= 0.3 is 0 Å². The zero-order valence-electron chi connectivity index (χ0n) is 18.4. The van der Waals surface area contributed by atoms with Crippen LogP contribution in [0.1, 0.15) is 32.9 Å². The highest BCUT2D eigenvalue weighted by atomic mass is 32.2. The second-order valence-electron chi connectivity index (χ2n) is 7.66. The molecule has 0 radical (unpaired) electrons. The Balaban J connectivity index is 1.46. The Kier molecular flexibility index (Phi) is 6.57. The molecule has 1 aromatic heterocycles. The Bertz CT molecular complexity index is 1450. The number of nitrogens with one attached hydrogen (secondary N) is 1. The number of nitriles is 1. The minimum atomic E-state index is -3.66. The van der Waals surface area contributed by atoms with Gasteiger partial charge in [-0.3, -0.25) is 4.79 Å². The molecule has 8 heteroatoms.